The SMILES string of the molecule is [2H]C([2H])([2H])C([2H])([2H])C([2H])([2H])C([2H])([2H])CCCC/C=C\CCCCCCCC(=O)O[C@H](CO/C=C\CCCCCCCCCCCCCCCC)COP(=O)(O)OCCN. The molecule has 50 heavy (non-hydrogen) atoms. The van der Waals surface area contributed by atoms with Crippen LogP contribution in [-0.2, 0) is 27.9 Å². The fourth-order valence-corrected chi connectivity index (χ4v) is 6.14. The molecule has 0 saturated carbocycles. The monoisotopic (exact) mass is 739 g/mol. The van der Waals surface area contributed by atoms with E-state index in [9.17, 15) is 14.3 Å². The number of allylic oxidation sites excluding steroid dienone is 3. The fourth-order valence-electron chi connectivity index (χ4n) is 5.38. The molecule has 0 bridgehead atoms. The molecule has 0 aromatic carbocycles. The predicted octanol–water partition coefficient (Wildman–Crippen LogP) is 12.4. The molecule has 8 nitrogen and oxygen atoms in total. The Morgan fingerprint density at radius 1 is 0.720 bits per heavy atom. The first-order valence-corrected chi connectivity index (χ1v) is 21.3. The van der Waals surface area contributed by atoms with Gasteiger partial charge in [-0.1, -0.05) is 161 Å². The van der Waals surface area contributed by atoms with Crippen LogP contribution in [0, 0.1) is 0 Å². The van der Waals surface area contributed by atoms with Crippen LogP contribution in [0.15, 0.2) is 24.5 Å². The summed E-state index contributed by atoms with van der Waals surface area (Å²) in [5.41, 5.74) is 5.34. The van der Waals surface area contributed by atoms with Crippen LogP contribution >= 0.6 is 7.82 Å². The van der Waals surface area contributed by atoms with E-state index in [0.29, 0.717) is 25.7 Å². The molecule has 0 spiro atoms. The van der Waals surface area contributed by atoms with E-state index in [1.165, 1.54) is 83.5 Å². The van der Waals surface area contributed by atoms with Gasteiger partial charge in [-0.25, -0.2) is 4.57 Å². The number of phosphoric ester groups is 1. The van der Waals surface area contributed by atoms with Crippen molar-refractivity contribution in [3.63, 3.8) is 0 Å². The molecule has 0 fully saturated rings. The Hall–Kier alpha value is -1.18. The smallest absolute Gasteiger partial charge is 0.472 e. The average Bonchev–Trinajstić information content (AvgIpc) is 3.16. The number of nitrogens with two attached hydrogens (primary N) is 1. The maximum Gasteiger partial charge on any atom is 0.472 e. The van der Waals surface area contributed by atoms with E-state index in [1.54, 1.807) is 6.26 Å². The Kier molecular flexibility index (Phi) is 27.0. The van der Waals surface area contributed by atoms with E-state index in [4.69, 9.17) is 36.6 Å². The molecule has 2 atom stereocenters. The minimum Gasteiger partial charge on any atom is -0.498 e. The van der Waals surface area contributed by atoms with Crippen molar-refractivity contribution in [3.8, 4) is 0 Å². The summed E-state index contributed by atoms with van der Waals surface area (Å²) in [6, 6.07) is 0. The quantitative estimate of drug-likeness (QED) is 0.0210. The highest BCUT2D eigenvalue weighted by molar-refractivity contribution is 7.47. The first-order chi connectivity index (χ1) is 27.8. The number of hydrogen-bond acceptors (Lipinski definition) is 7. The van der Waals surface area contributed by atoms with Crippen molar-refractivity contribution in [1.29, 1.82) is 0 Å². The molecule has 0 radical (unpaired) electrons. The molecule has 296 valence electrons. The highest BCUT2D eigenvalue weighted by Gasteiger charge is 2.25. The summed E-state index contributed by atoms with van der Waals surface area (Å²) < 4.78 is 102. The van der Waals surface area contributed by atoms with Gasteiger partial charge in [-0.2, -0.15) is 0 Å². The summed E-state index contributed by atoms with van der Waals surface area (Å²) >= 11 is 0. The van der Waals surface area contributed by atoms with Gasteiger partial charge in [-0.15, -0.1) is 0 Å². The molecule has 0 aliphatic heterocycles. The van der Waals surface area contributed by atoms with Crippen molar-refractivity contribution in [3.05, 3.63) is 24.5 Å². The third kappa shape index (κ3) is 38.1. The summed E-state index contributed by atoms with van der Waals surface area (Å²) in [7, 11) is -4.36. The zero-order valence-corrected chi connectivity index (χ0v) is 32.4. The second kappa shape index (κ2) is 39.0. The molecule has 0 aliphatic rings. The molecule has 9 heteroatoms. The number of unbranched alkanes of at least 4 members (excludes halogenated alkanes) is 21. The molecule has 0 amide bonds. The standard InChI is InChI=1S/C41H80NO7P/c1-3-5-7-9-11-13-15-17-19-21-23-25-27-29-31-33-36-46-38-40(39-48-50(44,45)47-37-35-42)49-41(43)34-32-30-28-26-24-22-20-18-16-14-12-10-8-6-4-2/h18,20,33,36,40H,3-17,19,21-32,34-35,37-39,42H2,1-2H3,(H,44,45)/b20-18-,36-33-/t40-/m1/s1/i2D3,4D2,6D2,8D2. The van der Waals surface area contributed by atoms with Gasteiger partial charge in [0.15, 0.2) is 6.10 Å². The van der Waals surface area contributed by atoms with Crippen LogP contribution in [0.3, 0.4) is 0 Å². The van der Waals surface area contributed by atoms with Gasteiger partial charge >= 0.3 is 13.8 Å². The van der Waals surface area contributed by atoms with Crippen LogP contribution in [-0.4, -0.2) is 43.3 Å². The third-order valence-electron chi connectivity index (χ3n) is 8.28. The van der Waals surface area contributed by atoms with E-state index < -0.39 is 45.9 Å². The summed E-state index contributed by atoms with van der Waals surface area (Å²) in [6.07, 6.45) is 23.2. The Bertz CT molecular complexity index is 1160. The lowest BCUT2D eigenvalue weighted by molar-refractivity contribution is -0.153. The number of rotatable bonds is 40. The molecule has 0 heterocycles. The van der Waals surface area contributed by atoms with Crippen molar-refractivity contribution in [1.82, 2.24) is 0 Å². The second-order valence-electron chi connectivity index (χ2n) is 13.0. The van der Waals surface area contributed by atoms with Gasteiger partial charge in [0.2, 0.25) is 0 Å². The number of carbonyl (C=O) groups is 1. The van der Waals surface area contributed by atoms with Gasteiger partial charge in [-0.3, -0.25) is 13.8 Å². The van der Waals surface area contributed by atoms with Crippen LogP contribution in [0.4, 0.5) is 0 Å². The largest absolute Gasteiger partial charge is 0.498 e. The first kappa shape index (κ1) is 34.6. The maximum atomic E-state index is 12.6. The Labute approximate surface area is 321 Å². The predicted molar refractivity (Wildman–Crippen MR) is 210 cm³/mol. The van der Waals surface area contributed by atoms with Gasteiger partial charge in [0.1, 0.15) is 6.61 Å². The fraction of sp³-hybridized carbons (Fsp3) is 0.878. The first-order valence-electron chi connectivity index (χ1n) is 24.3. The molecular weight excluding hydrogens is 649 g/mol. The lowest BCUT2D eigenvalue weighted by Crippen LogP contribution is -2.27. The van der Waals surface area contributed by atoms with E-state index in [2.05, 4.69) is 6.92 Å². The van der Waals surface area contributed by atoms with Crippen LogP contribution < -0.4 is 5.73 Å². The third-order valence-corrected chi connectivity index (χ3v) is 9.27. The van der Waals surface area contributed by atoms with Gasteiger partial charge < -0.3 is 20.1 Å². The molecule has 1 unspecified atom stereocenters. The topological polar surface area (TPSA) is 117 Å². The maximum absolute atomic E-state index is 12.6. The van der Waals surface area contributed by atoms with Crippen LogP contribution in [0.1, 0.15) is 212 Å². The molecule has 0 saturated heterocycles. The number of esters is 1. The lowest BCUT2D eigenvalue weighted by Gasteiger charge is -2.19. The van der Waals surface area contributed by atoms with Gasteiger partial charge in [-0.05, 0) is 51.0 Å². The number of hydrogen-bond donors (Lipinski definition) is 2. The van der Waals surface area contributed by atoms with Crippen molar-refractivity contribution in [2.75, 3.05) is 26.4 Å². The summed E-state index contributed by atoms with van der Waals surface area (Å²) in [5.74, 6) is -0.452. The number of phosphoric acid groups is 1. The highest BCUT2D eigenvalue weighted by Crippen LogP contribution is 2.43. The van der Waals surface area contributed by atoms with E-state index >= 15 is 0 Å². The van der Waals surface area contributed by atoms with E-state index in [0.717, 1.165) is 44.9 Å². The molecule has 0 aromatic heterocycles. The van der Waals surface area contributed by atoms with Crippen LogP contribution in [0.5, 0.6) is 0 Å². The van der Waals surface area contributed by atoms with Gasteiger partial charge in [0, 0.05) is 25.3 Å². The molecule has 0 aliphatic carbocycles. The summed E-state index contributed by atoms with van der Waals surface area (Å²) in [5, 5.41) is 0. The average molecular weight is 739 g/mol. The summed E-state index contributed by atoms with van der Waals surface area (Å²) in [4.78, 5) is 22.5. The van der Waals surface area contributed by atoms with Gasteiger partial charge in [0.25, 0.3) is 0 Å². The Morgan fingerprint density at radius 2 is 1.24 bits per heavy atom. The molecule has 3 N–H and O–H groups in total. The Balaban J connectivity index is 4.30. The molecule has 0 aromatic rings. The van der Waals surface area contributed by atoms with Crippen molar-refractivity contribution in [2.45, 2.75) is 206 Å². The van der Waals surface area contributed by atoms with E-state index in [-0.39, 0.29) is 39.2 Å². The minimum absolute atomic E-state index is 0.0387. The van der Waals surface area contributed by atoms with Crippen molar-refractivity contribution in [2.24, 2.45) is 5.73 Å². The van der Waals surface area contributed by atoms with Gasteiger partial charge in [0.05, 0.1) is 19.5 Å². The van der Waals surface area contributed by atoms with Crippen molar-refractivity contribution < 1.29 is 45.1 Å². The highest BCUT2D eigenvalue weighted by atomic mass is 31.2. The van der Waals surface area contributed by atoms with E-state index in [1.807, 2.05) is 18.2 Å². The molecular formula is C41H80NO7P. The minimum atomic E-state index is -4.36. The number of ether oxygens (including phenoxy) is 2. The van der Waals surface area contributed by atoms with Crippen LogP contribution in [0.25, 0.3) is 0 Å². The Morgan fingerprint density at radius 3 is 1.80 bits per heavy atom. The zero-order valence-electron chi connectivity index (χ0n) is 40.5. The number of carbonyl (C=O) groups excluding carboxylic acids is 1. The second-order valence-corrected chi connectivity index (χ2v) is 14.5. The molecule has 0 rings (SSSR count). The lowest BCUT2D eigenvalue weighted by atomic mass is 10.0. The summed E-state index contributed by atoms with van der Waals surface area (Å²) in [6.45, 7) is -1.55. The zero-order chi connectivity index (χ0) is 44.5. The van der Waals surface area contributed by atoms with Crippen molar-refractivity contribution >= 4 is 13.8 Å². The normalized spacial score (nSPS) is 17.5. The van der Waals surface area contributed by atoms with Crippen LogP contribution in [0.2, 0.25) is 0 Å².